The minimum Gasteiger partial charge on any atom is -0.480 e. The molecule has 0 aliphatic rings. The van der Waals surface area contributed by atoms with Gasteiger partial charge in [0.05, 0.1) is 11.6 Å². The van der Waals surface area contributed by atoms with E-state index in [9.17, 15) is 24.3 Å². The third kappa shape index (κ3) is 6.64. The van der Waals surface area contributed by atoms with Gasteiger partial charge in [-0.2, -0.15) is 0 Å². The summed E-state index contributed by atoms with van der Waals surface area (Å²) in [6.45, 7) is 1.45. The Morgan fingerprint density at radius 1 is 0.718 bits per heavy atom. The summed E-state index contributed by atoms with van der Waals surface area (Å²) in [6.07, 6.45) is 0.195. The Hall–Kier alpha value is -5.04. The molecule has 4 rings (SSSR count). The van der Waals surface area contributed by atoms with Crippen LogP contribution in [0.4, 0.5) is 5.69 Å². The van der Waals surface area contributed by atoms with E-state index >= 15 is 0 Å². The Balaban J connectivity index is 1.79. The van der Waals surface area contributed by atoms with Crippen molar-refractivity contribution in [1.82, 2.24) is 5.32 Å². The Labute approximate surface area is 226 Å². The van der Waals surface area contributed by atoms with Gasteiger partial charge in [-0.1, -0.05) is 91.0 Å². The van der Waals surface area contributed by atoms with E-state index in [2.05, 4.69) is 10.6 Å². The standard InChI is InChI=1S/C32H28N2O5/c1-21(32(38)39)33-26-19-11-18-25(28(26)29(35)23-14-7-3-8-15-23)30(36)27(20-22-12-5-2-6-13-22)34-31(37)24-16-9-4-10-17-24/h2-19,21,27,33H,20H2,1H3,(H,34,37)(H,38,39)/t21-,27-/m0/s1. The maximum absolute atomic E-state index is 14.1. The molecule has 7 nitrogen and oxygen atoms in total. The molecule has 4 aromatic carbocycles. The third-order valence-electron chi connectivity index (χ3n) is 6.28. The van der Waals surface area contributed by atoms with E-state index < -0.39 is 35.5 Å². The van der Waals surface area contributed by atoms with E-state index in [-0.39, 0.29) is 23.2 Å². The van der Waals surface area contributed by atoms with Crippen molar-refractivity contribution in [2.45, 2.75) is 25.4 Å². The van der Waals surface area contributed by atoms with Crippen LogP contribution in [0, 0.1) is 0 Å². The molecule has 0 aromatic heterocycles. The van der Waals surface area contributed by atoms with Crippen molar-refractivity contribution in [3.05, 3.63) is 137 Å². The number of nitrogens with one attached hydrogen (secondary N) is 2. The summed E-state index contributed by atoms with van der Waals surface area (Å²) in [5.41, 5.74) is 1.92. The molecule has 7 heteroatoms. The molecule has 0 bridgehead atoms. The third-order valence-corrected chi connectivity index (χ3v) is 6.28. The van der Waals surface area contributed by atoms with Crippen molar-refractivity contribution in [3.63, 3.8) is 0 Å². The average molecular weight is 521 g/mol. The first kappa shape index (κ1) is 27.0. The Morgan fingerprint density at radius 3 is 1.87 bits per heavy atom. The van der Waals surface area contributed by atoms with E-state index in [1.165, 1.54) is 13.0 Å². The summed E-state index contributed by atoms with van der Waals surface area (Å²) in [4.78, 5) is 52.6. The van der Waals surface area contributed by atoms with Crippen molar-refractivity contribution in [2.24, 2.45) is 0 Å². The molecule has 0 fully saturated rings. The normalized spacial score (nSPS) is 12.1. The summed E-state index contributed by atoms with van der Waals surface area (Å²) >= 11 is 0. The molecule has 0 aliphatic heterocycles. The number of ketones is 2. The van der Waals surface area contributed by atoms with Crippen LogP contribution in [-0.2, 0) is 11.2 Å². The summed E-state index contributed by atoms with van der Waals surface area (Å²) in [7, 11) is 0. The lowest BCUT2D eigenvalue weighted by molar-refractivity contribution is -0.137. The van der Waals surface area contributed by atoms with Crippen LogP contribution in [0.5, 0.6) is 0 Å². The van der Waals surface area contributed by atoms with E-state index in [1.54, 1.807) is 72.8 Å². The van der Waals surface area contributed by atoms with Crippen LogP contribution < -0.4 is 10.6 Å². The number of hydrogen-bond donors (Lipinski definition) is 3. The summed E-state index contributed by atoms with van der Waals surface area (Å²) in [5.74, 6) is -2.43. The first-order valence-electron chi connectivity index (χ1n) is 12.5. The summed E-state index contributed by atoms with van der Waals surface area (Å²) in [5, 5.41) is 15.2. The summed E-state index contributed by atoms with van der Waals surface area (Å²) in [6, 6.07) is 29.0. The highest BCUT2D eigenvalue weighted by Gasteiger charge is 2.29. The van der Waals surface area contributed by atoms with Crippen molar-refractivity contribution in [1.29, 1.82) is 0 Å². The molecule has 3 N–H and O–H groups in total. The first-order chi connectivity index (χ1) is 18.8. The second-order valence-corrected chi connectivity index (χ2v) is 9.07. The van der Waals surface area contributed by atoms with E-state index in [4.69, 9.17) is 0 Å². The molecule has 0 aliphatic carbocycles. The quantitative estimate of drug-likeness (QED) is 0.239. The zero-order chi connectivity index (χ0) is 27.8. The largest absolute Gasteiger partial charge is 0.480 e. The molecule has 4 aromatic rings. The fourth-order valence-corrected chi connectivity index (χ4v) is 4.23. The van der Waals surface area contributed by atoms with Crippen LogP contribution in [0.25, 0.3) is 0 Å². The van der Waals surface area contributed by atoms with Gasteiger partial charge >= 0.3 is 5.97 Å². The second-order valence-electron chi connectivity index (χ2n) is 9.07. The Kier molecular flexibility index (Phi) is 8.64. The average Bonchev–Trinajstić information content (AvgIpc) is 2.97. The van der Waals surface area contributed by atoms with Crippen LogP contribution >= 0.6 is 0 Å². The van der Waals surface area contributed by atoms with Crippen molar-refractivity contribution < 1.29 is 24.3 Å². The second kappa shape index (κ2) is 12.5. The number of aliphatic carboxylic acids is 1. The van der Waals surface area contributed by atoms with Gasteiger partial charge in [-0.15, -0.1) is 0 Å². The van der Waals surface area contributed by atoms with Gasteiger partial charge in [-0.05, 0) is 30.7 Å². The van der Waals surface area contributed by atoms with Gasteiger partial charge in [-0.3, -0.25) is 19.2 Å². The van der Waals surface area contributed by atoms with Crippen molar-refractivity contribution in [2.75, 3.05) is 5.32 Å². The van der Waals surface area contributed by atoms with Gasteiger partial charge in [0.2, 0.25) is 0 Å². The molecular formula is C32H28N2O5. The molecule has 39 heavy (non-hydrogen) atoms. The fourth-order valence-electron chi connectivity index (χ4n) is 4.23. The first-order valence-corrected chi connectivity index (χ1v) is 12.5. The van der Waals surface area contributed by atoms with Crippen molar-refractivity contribution in [3.8, 4) is 0 Å². The number of carbonyl (C=O) groups excluding carboxylic acids is 3. The van der Waals surface area contributed by atoms with Gasteiger partial charge in [0.1, 0.15) is 6.04 Å². The predicted molar refractivity (Wildman–Crippen MR) is 149 cm³/mol. The number of Topliss-reactive ketones (excluding diaryl/α,β-unsaturated/α-hetero) is 1. The zero-order valence-electron chi connectivity index (χ0n) is 21.3. The molecule has 0 saturated heterocycles. The molecule has 0 unspecified atom stereocenters. The highest BCUT2D eigenvalue weighted by molar-refractivity contribution is 6.20. The lowest BCUT2D eigenvalue weighted by atomic mass is 9.89. The number of benzene rings is 4. The fraction of sp³-hybridized carbons (Fsp3) is 0.125. The van der Waals surface area contributed by atoms with Crippen LogP contribution in [0.2, 0.25) is 0 Å². The minimum absolute atomic E-state index is 0.0498. The number of hydrogen-bond acceptors (Lipinski definition) is 5. The lowest BCUT2D eigenvalue weighted by Crippen LogP contribution is -2.43. The lowest BCUT2D eigenvalue weighted by Gasteiger charge is -2.22. The molecule has 0 saturated carbocycles. The predicted octanol–water partition coefficient (Wildman–Crippen LogP) is 5.03. The van der Waals surface area contributed by atoms with Crippen LogP contribution in [0.1, 0.15) is 49.1 Å². The van der Waals surface area contributed by atoms with Crippen LogP contribution in [-0.4, -0.2) is 40.6 Å². The maximum atomic E-state index is 14.1. The van der Waals surface area contributed by atoms with E-state index in [0.717, 1.165) is 5.56 Å². The highest BCUT2D eigenvalue weighted by atomic mass is 16.4. The summed E-state index contributed by atoms with van der Waals surface area (Å²) < 4.78 is 0. The molecular weight excluding hydrogens is 492 g/mol. The van der Waals surface area contributed by atoms with Gasteiger partial charge < -0.3 is 15.7 Å². The number of amides is 1. The number of anilines is 1. The van der Waals surface area contributed by atoms with Gasteiger partial charge in [0.15, 0.2) is 11.6 Å². The topological polar surface area (TPSA) is 113 Å². The smallest absolute Gasteiger partial charge is 0.325 e. The van der Waals surface area contributed by atoms with Gasteiger partial charge in [-0.25, -0.2) is 0 Å². The SMILES string of the molecule is C[C@H](Nc1cccc(C(=O)[C@H](Cc2ccccc2)NC(=O)c2ccccc2)c1C(=O)c1ccccc1)C(=O)O. The van der Waals surface area contributed by atoms with Gasteiger partial charge in [0, 0.05) is 28.8 Å². The number of carboxylic acid groups (broad SMARTS) is 1. The molecule has 0 radical (unpaired) electrons. The molecule has 1 amide bonds. The van der Waals surface area contributed by atoms with Gasteiger partial charge in [0.25, 0.3) is 5.91 Å². The Bertz CT molecular complexity index is 1470. The monoisotopic (exact) mass is 520 g/mol. The molecule has 0 heterocycles. The highest BCUT2D eigenvalue weighted by Crippen LogP contribution is 2.26. The van der Waals surface area contributed by atoms with E-state index in [0.29, 0.717) is 11.1 Å². The van der Waals surface area contributed by atoms with E-state index in [1.807, 2.05) is 30.3 Å². The van der Waals surface area contributed by atoms with Crippen molar-refractivity contribution >= 4 is 29.1 Å². The number of rotatable bonds is 11. The molecule has 0 spiro atoms. The van der Waals surface area contributed by atoms with Crippen LogP contribution in [0.3, 0.4) is 0 Å². The molecule has 196 valence electrons. The maximum Gasteiger partial charge on any atom is 0.325 e. The number of carbonyl (C=O) groups is 4. The Morgan fingerprint density at radius 2 is 1.28 bits per heavy atom. The number of carboxylic acids is 1. The minimum atomic E-state index is -1.11. The van der Waals surface area contributed by atoms with Crippen LogP contribution in [0.15, 0.2) is 109 Å². The molecule has 2 atom stereocenters. The zero-order valence-corrected chi connectivity index (χ0v) is 21.3.